The highest BCUT2D eigenvalue weighted by molar-refractivity contribution is 7.96. The number of amides is 1. The molecule has 1 aliphatic heterocycles. The molecular weight excluding hydrogens is 430 g/mol. The van der Waals surface area contributed by atoms with Gasteiger partial charge in [-0.15, -0.1) is 0 Å². The minimum Gasteiger partial charge on any atom is -0.548 e. The predicted octanol–water partition coefficient (Wildman–Crippen LogP) is -4.14. The van der Waals surface area contributed by atoms with Crippen LogP contribution < -0.4 is 21.9 Å². The van der Waals surface area contributed by atoms with Crippen LogP contribution in [0.5, 0.6) is 0 Å². The Labute approximate surface area is 180 Å². The first-order chi connectivity index (χ1) is 14.7. The van der Waals surface area contributed by atoms with Crippen molar-refractivity contribution in [3.05, 3.63) is 12.7 Å². The van der Waals surface area contributed by atoms with E-state index in [0.29, 0.717) is 22.7 Å². The summed E-state index contributed by atoms with van der Waals surface area (Å²) >= 11 is 0. The molecule has 170 valence electrons. The largest absolute Gasteiger partial charge is 0.548 e. The lowest BCUT2D eigenvalue weighted by Crippen LogP contribution is -2.50. The maximum absolute atomic E-state index is 11.4. The van der Waals surface area contributed by atoms with Crippen molar-refractivity contribution in [1.82, 2.24) is 24.8 Å². The Balaban J connectivity index is 1.62. The van der Waals surface area contributed by atoms with Gasteiger partial charge < -0.3 is 41.6 Å². The Morgan fingerprint density at radius 3 is 2.77 bits per heavy atom. The van der Waals surface area contributed by atoms with Gasteiger partial charge in [-0.3, -0.25) is 9.36 Å². The van der Waals surface area contributed by atoms with Crippen molar-refractivity contribution in [2.45, 2.75) is 37.0 Å². The molecule has 14 heteroatoms. The van der Waals surface area contributed by atoms with Crippen LogP contribution in [0.25, 0.3) is 11.2 Å². The van der Waals surface area contributed by atoms with Crippen LogP contribution >= 0.6 is 0 Å². The SMILES string of the molecule is C[S+](CC[C@H](NC(=O)CN)C(=O)[O-])C[C@H]1O[C@@H](n2cnc3c(N)ncnc32)[C@H](O)[C@@H]1O. The van der Waals surface area contributed by atoms with Crippen LogP contribution in [-0.2, 0) is 25.2 Å². The first-order valence-electron chi connectivity index (χ1n) is 9.47. The van der Waals surface area contributed by atoms with Gasteiger partial charge in [0.1, 0.15) is 41.7 Å². The second kappa shape index (κ2) is 9.74. The lowest BCUT2D eigenvalue weighted by molar-refractivity contribution is -0.308. The van der Waals surface area contributed by atoms with Crippen LogP contribution in [0.15, 0.2) is 12.7 Å². The van der Waals surface area contributed by atoms with Crippen LogP contribution in [0.2, 0.25) is 0 Å². The summed E-state index contributed by atoms with van der Waals surface area (Å²) in [5.74, 6) is -0.965. The molecule has 3 rings (SSSR count). The van der Waals surface area contributed by atoms with Crippen molar-refractivity contribution in [3.8, 4) is 0 Å². The number of hydrogen-bond acceptors (Lipinski definition) is 11. The van der Waals surface area contributed by atoms with Gasteiger partial charge in [0.05, 0.1) is 31.1 Å². The molecule has 1 amide bonds. The summed E-state index contributed by atoms with van der Waals surface area (Å²) in [6.07, 6.45) is 0.709. The minimum atomic E-state index is -1.39. The van der Waals surface area contributed by atoms with Crippen LogP contribution in [0.3, 0.4) is 0 Å². The summed E-state index contributed by atoms with van der Waals surface area (Å²) < 4.78 is 7.39. The fraction of sp³-hybridized carbons (Fsp3) is 0.588. The maximum Gasteiger partial charge on any atom is 0.234 e. The zero-order valence-corrected chi connectivity index (χ0v) is 17.6. The number of nitrogens with one attached hydrogen (secondary N) is 1. The number of nitrogen functional groups attached to an aromatic ring is 1. The van der Waals surface area contributed by atoms with Crippen LogP contribution in [0.4, 0.5) is 5.82 Å². The Morgan fingerprint density at radius 1 is 1.35 bits per heavy atom. The number of hydrogen-bond donors (Lipinski definition) is 5. The van der Waals surface area contributed by atoms with Crippen LogP contribution in [0.1, 0.15) is 12.6 Å². The van der Waals surface area contributed by atoms with Crippen molar-refractivity contribution in [3.63, 3.8) is 0 Å². The standard InChI is InChI=1S/C17H25N7O6S/c1-31(3-2-8(17(28)29)23-10(25)4-18)5-9-12(26)13(27)16(30-9)24-7-22-11-14(19)20-6-21-15(11)24/h6-9,12-13,16,26-27H,2-5,18H2,1H3,(H3-,19,20,21,23,25,28,29)/t8-,9+,12+,13+,16+,31?/m0/s1. The molecule has 0 aliphatic carbocycles. The summed E-state index contributed by atoms with van der Waals surface area (Å²) in [7, 11) is -0.382. The van der Waals surface area contributed by atoms with Gasteiger partial charge in [0.2, 0.25) is 5.91 Å². The van der Waals surface area contributed by atoms with Gasteiger partial charge in [-0.05, 0) is 10.9 Å². The van der Waals surface area contributed by atoms with Gasteiger partial charge in [-0.25, -0.2) is 15.0 Å². The number of anilines is 1. The molecule has 1 aliphatic rings. The zero-order valence-electron chi connectivity index (χ0n) is 16.7. The Hall–Kier alpha value is -2.52. The highest BCUT2D eigenvalue weighted by Crippen LogP contribution is 2.32. The fourth-order valence-corrected chi connectivity index (χ4v) is 4.98. The van der Waals surface area contributed by atoms with Crippen LogP contribution in [-0.4, -0.2) is 90.3 Å². The molecule has 7 N–H and O–H groups in total. The number of nitrogens with two attached hydrogens (primary N) is 2. The second-order valence-corrected chi connectivity index (χ2v) is 9.52. The average molecular weight is 455 g/mol. The van der Waals surface area contributed by atoms with Gasteiger partial charge in [-0.1, -0.05) is 0 Å². The molecule has 2 aromatic rings. The van der Waals surface area contributed by atoms with Gasteiger partial charge in [0, 0.05) is 6.42 Å². The first kappa shape index (κ1) is 23.1. The van der Waals surface area contributed by atoms with E-state index in [0.717, 1.165) is 0 Å². The molecule has 6 atom stereocenters. The topological polar surface area (TPSA) is 215 Å². The molecule has 13 nitrogen and oxygen atoms in total. The fourth-order valence-electron chi connectivity index (χ4n) is 3.34. The van der Waals surface area contributed by atoms with Crippen molar-refractivity contribution in [2.75, 3.05) is 30.0 Å². The van der Waals surface area contributed by atoms with Crippen molar-refractivity contribution in [2.24, 2.45) is 5.73 Å². The number of aliphatic hydroxyl groups excluding tert-OH is 2. The lowest BCUT2D eigenvalue weighted by Gasteiger charge is -2.19. The van der Waals surface area contributed by atoms with E-state index in [2.05, 4.69) is 20.3 Å². The predicted molar refractivity (Wildman–Crippen MR) is 109 cm³/mol. The molecule has 0 saturated carbocycles. The third-order valence-corrected chi connectivity index (χ3v) is 6.84. The van der Waals surface area contributed by atoms with Gasteiger partial charge in [0.25, 0.3) is 0 Å². The highest BCUT2D eigenvalue weighted by atomic mass is 32.2. The number of ether oxygens (including phenoxy) is 1. The molecule has 0 radical (unpaired) electrons. The zero-order chi connectivity index (χ0) is 22.7. The number of fused-ring (bicyclic) bond motifs is 1. The number of carbonyl (C=O) groups excluding carboxylic acids is 2. The highest BCUT2D eigenvalue weighted by Gasteiger charge is 2.46. The maximum atomic E-state index is 11.4. The molecule has 1 saturated heterocycles. The number of aliphatic carboxylic acids is 1. The minimum absolute atomic E-state index is 0.144. The number of rotatable bonds is 9. The number of carboxylic acid groups (broad SMARTS) is 1. The average Bonchev–Trinajstić information content (AvgIpc) is 3.28. The van der Waals surface area contributed by atoms with E-state index >= 15 is 0 Å². The van der Waals surface area contributed by atoms with Crippen molar-refractivity contribution >= 4 is 39.8 Å². The number of carbonyl (C=O) groups is 2. The number of imidazole rings is 1. The van der Waals surface area contributed by atoms with Crippen molar-refractivity contribution in [1.29, 1.82) is 0 Å². The van der Waals surface area contributed by atoms with E-state index < -0.39 is 42.5 Å². The van der Waals surface area contributed by atoms with Gasteiger partial charge in [0.15, 0.2) is 17.7 Å². The smallest absolute Gasteiger partial charge is 0.234 e. The molecule has 3 heterocycles. The quantitative estimate of drug-likeness (QED) is 0.229. The number of aromatic nitrogens is 4. The normalized spacial score (nSPS) is 25.4. The summed E-state index contributed by atoms with van der Waals surface area (Å²) in [5, 5.41) is 34.5. The molecule has 31 heavy (non-hydrogen) atoms. The van der Waals surface area contributed by atoms with E-state index in [1.54, 1.807) is 0 Å². The molecule has 1 unspecified atom stereocenters. The van der Waals surface area contributed by atoms with Crippen LogP contribution in [0, 0.1) is 0 Å². The van der Waals surface area contributed by atoms with E-state index in [1.165, 1.54) is 17.2 Å². The number of aliphatic hydroxyl groups is 2. The molecule has 1 fully saturated rings. The summed E-state index contributed by atoms with van der Waals surface area (Å²) in [6.45, 7) is -0.317. The molecule has 0 bridgehead atoms. The van der Waals surface area contributed by atoms with E-state index in [9.17, 15) is 24.9 Å². The Bertz CT molecular complexity index is 943. The van der Waals surface area contributed by atoms with E-state index in [-0.39, 0.29) is 29.7 Å². The number of nitrogens with zero attached hydrogens (tertiary/aromatic N) is 4. The first-order valence-corrected chi connectivity index (χ1v) is 11.4. The van der Waals surface area contributed by atoms with Gasteiger partial charge >= 0.3 is 0 Å². The number of carboxylic acids is 1. The molecule has 2 aromatic heterocycles. The summed E-state index contributed by atoms with van der Waals surface area (Å²) in [5.41, 5.74) is 11.7. The third kappa shape index (κ3) is 5.04. The molecular formula is C17H25N7O6S. The Kier molecular flexibility index (Phi) is 7.27. The summed E-state index contributed by atoms with van der Waals surface area (Å²) in [6, 6.07) is -1.15. The molecule has 0 aromatic carbocycles. The van der Waals surface area contributed by atoms with E-state index in [1.807, 2.05) is 6.26 Å². The molecule has 0 spiro atoms. The summed E-state index contributed by atoms with van der Waals surface area (Å²) in [4.78, 5) is 34.7. The lowest BCUT2D eigenvalue weighted by atomic mass is 10.1. The second-order valence-electron chi connectivity index (χ2n) is 7.21. The van der Waals surface area contributed by atoms with E-state index in [4.69, 9.17) is 16.2 Å². The monoisotopic (exact) mass is 455 g/mol. The van der Waals surface area contributed by atoms with Gasteiger partial charge in [-0.2, -0.15) is 0 Å². The Morgan fingerprint density at radius 2 is 2.10 bits per heavy atom. The van der Waals surface area contributed by atoms with Crippen molar-refractivity contribution < 1.29 is 29.6 Å². The third-order valence-electron chi connectivity index (χ3n) is 5.01.